The predicted octanol–water partition coefficient (Wildman–Crippen LogP) is 16.7. The summed E-state index contributed by atoms with van der Waals surface area (Å²) in [5.74, 6) is 0. The Morgan fingerprint density at radius 2 is 0.759 bits per heavy atom. The average Bonchev–Trinajstić information content (AvgIpc) is 3.87. The molecule has 274 valence electrons. The molecule has 0 fully saturated rings. The molecular weight excluding hydrogens is 741 g/mol. The molecule has 0 saturated carbocycles. The minimum Gasteiger partial charge on any atom is -0.311 e. The Kier molecular flexibility index (Phi) is 8.58. The standard InChI is InChI=1S/C54H36N2S2/c1-4-14-37(15-5-1)38-26-30-43(31-27-38)56(50-24-13-23-47-46-20-10-11-25-51(46)58-54(47)50)44-34-35-52-49(36-44)48-22-12-21-45(53(48)57-52)39-28-32-42(33-29-39)55(40-16-6-2-7-17-40)41-18-8-3-9-19-41/h1-36H. The number of rotatable bonds is 8. The Balaban J connectivity index is 1.02. The molecule has 9 aromatic carbocycles. The molecule has 0 unspecified atom stereocenters. The molecule has 0 amide bonds. The van der Waals surface area contributed by atoms with Crippen LogP contribution >= 0.6 is 22.7 Å². The zero-order valence-corrected chi connectivity index (χ0v) is 33.1. The fraction of sp³-hybridized carbons (Fsp3) is 0. The van der Waals surface area contributed by atoms with Crippen molar-refractivity contribution in [2.45, 2.75) is 0 Å². The molecule has 0 atom stereocenters. The van der Waals surface area contributed by atoms with Crippen LogP contribution in [0.15, 0.2) is 218 Å². The summed E-state index contributed by atoms with van der Waals surface area (Å²) in [5, 5.41) is 5.14. The Morgan fingerprint density at radius 1 is 0.276 bits per heavy atom. The highest BCUT2D eigenvalue weighted by molar-refractivity contribution is 7.26. The molecule has 0 radical (unpaired) electrons. The molecule has 4 heteroatoms. The number of fused-ring (bicyclic) bond motifs is 6. The number of thiophene rings is 2. The Morgan fingerprint density at radius 3 is 1.47 bits per heavy atom. The first-order valence-corrected chi connectivity index (χ1v) is 21.2. The number of benzene rings is 9. The third-order valence-electron chi connectivity index (χ3n) is 11.1. The van der Waals surface area contributed by atoms with Crippen molar-refractivity contribution in [2.24, 2.45) is 0 Å². The monoisotopic (exact) mass is 776 g/mol. The van der Waals surface area contributed by atoms with Crippen LogP contribution < -0.4 is 9.80 Å². The largest absolute Gasteiger partial charge is 0.311 e. The second-order valence-corrected chi connectivity index (χ2v) is 16.6. The molecule has 0 bridgehead atoms. The lowest BCUT2D eigenvalue weighted by Gasteiger charge is -2.26. The first-order chi connectivity index (χ1) is 28.8. The van der Waals surface area contributed by atoms with E-state index in [1.54, 1.807) is 0 Å². The SMILES string of the molecule is c1ccc(-c2ccc(N(c3ccc4sc5c(-c6ccc(N(c7ccccc7)c7ccccc7)cc6)cccc5c4c3)c3cccc4c3sc3ccccc34)cc2)cc1. The van der Waals surface area contributed by atoms with Crippen molar-refractivity contribution in [2.75, 3.05) is 9.80 Å². The summed E-state index contributed by atoms with van der Waals surface area (Å²) in [6, 6.07) is 79.1. The molecule has 2 heterocycles. The maximum absolute atomic E-state index is 2.45. The zero-order valence-electron chi connectivity index (χ0n) is 31.5. The minimum atomic E-state index is 1.12. The third-order valence-corrected chi connectivity index (χ3v) is 13.5. The van der Waals surface area contributed by atoms with Gasteiger partial charge in [0.25, 0.3) is 0 Å². The second-order valence-electron chi connectivity index (χ2n) is 14.5. The summed E-state index contributed by atoms with van der Waals surface area (Å²) in [7, 11) is 0. The van der Waals surface area contributed by atoms with Crippen LogP contribution in [0.1, 0.15) is 0 Å². The lowest BCUT2D eigenvalue weighted by atomic mass is 10.0. The number of hydrogen-bond acceptors (Lipinski definition) is 4. The Bertz CT molecular complexity index is 3170. The van der Waals surface area contributed by atoms with Crippen LogP contribution in [0.5, 0.6) is 0 Å². The Hall–Kier alpha value is -6.98. The van der Waals surface area contributed by atoms with Crippen LogP contribution in [-0.4, -0.2) is 0 Å². The maximum atomic E-state index is 2.45. The lowest BCUT2D eigenvalue weighted by Crippen LogP contribution is -2.10. The summed E-state index contributed by atoms with van der Waals surface area (Å²) >= 11 is 3.75. The second kappa shape index (κ2) is 14.5. The van der Waals surface area contributed by atoms with E-state index < -0.39 is 0 Å². The zero-order chi connectivity index (χ0) is 38.4. The van der Waals surface area contributed by atoms with Gasteiger partial charge in [0.05, 0.1) is 10.4 Å². The van der Waals surface area contributed by atoms with E-state index in [1.165, 1.54) is 68.3 Å². The van der Waals surface area contributed by atoms with Gasteiger partial charge in [-0.25, -0.2) is 0 Å². The van der Waals surface area contributed by atoms with E-state index in [0.29, 0.717) is 0 Å². The van der Waals surface area contributed by atoms with E-state index >= 15 is 0 Å². The van der Waals surface area contributed by atoms with Gasteiger partial charge in [-0.3, -0.25) is 0 Å². The summed E-state index contributed by atoms with van der Waals surface area (Å²) in [5.41, 5.74) is 11.7. The summed E-state index contributed by atoms with van der Waals surface area (Å²) in [6.07, 6.45) is 0. The highest BCUT2D eigenvalue weighted by Crippen LogP contribution is 2.47. The van der Waals surface area contributed by atoms with Crippen molar-refractivity contribution in [3.05, 3.63) is 218 Å². The van der Waals surface area contributed by atoms with Crippen molar-refractivity contribution in [1.29, 1.82) is 0 Å². The molecule has 0 aliphatic heterocycles. The molecule has 0 spiro atoms. The van der Waals surface area contributed by atoms with Crippen LogP contribution in [0.3, 0.4) is 0 Å². The van der Waals surface area contributed by atoms with Crippen LogP contribution in [0, 0.1) is 0 Å². The van der Waals surface area contributed by atoms with E-state index in [9.17, 15) is 0 Å². The molecule has 2 nitrogen and oxygen atoms in total. The van der Waals surface area contributed by atoms with Crippen molar-refractivity contribution in [3.8, 4) is 22.3 Å². The average molecular weight is 777 g/mol. The molecule has 0 saturated heterocycles. The van der Waals surface area contributed by atoms with Crippen LogP contribution in [0.25, 0.3) is 62.6 Å². The Labute approximate surface area is 345 Å². The van der Waals surface area contributed by atoms with Crippen molar-refractivity contribution in [1.82, 2.24) is 0 Å². The van der Waals surface area contributed by atoms with E-state index in [0.717, 1.165) is 28.4 Å². The van der Waals surface area contributed by atoms with Gasteiger partial charge in [-0.05, 0) is 101 Å². The third kappa shape index (κ3) is 6.02. The summed E-state index contributed by atoms with van der Waals surface area (Å²) in [4.78, 5) is 4.76. The summed E-state index contributed by atoms with van der Waals surface area (Å²) in [6.45, 7) is 0. The van der Waals surface area contributed by atoms with Gasteiger partial charge in [0.2, 0.25) is 0 Å². The number of nitrogens with zero attached hydrogens (tertiary/aromatic N) is 2. The van der Waals surface area contributed by atoms with E-state index in [1.807, 2.05) is 22.7 Å². The number of hydrogen-bond donors (Lipinski definition) is 0. The highest BCUT2D eigenvalue weighted by Gasteiger charge is 2.20. The van der Waals surface area contributed by atoms with Crippen LogP contribution in [0.2, 0.25) is 0 Å². The van der Waals surface area contributed by atoms with Crippen molar-refractivity contribution < 1.29 is 0 Å². The molecule has 0 N–H and O–H groups in total. The molecule has 11 rings (SSSR count). The molecule has 58 heavy (non-hydrogen) atoms. The highest BCUT2D eigenvalue weighted by atomic mass is 32.1. The van der Waals surface area contributed by atoms with Gasteiger partial charge >= 0.3 is 0 Å². The number of anilines is 6. The van der Waals surface area contributed by atoms with Gasteiger partial charge in [0.15, 0.2) is 0 Å². The fourth-order valence-electron chi connectivity index (χ4n) is 8.31. The molecule has 0 aliphatic carbocycles. The van der Waals surface area contributed by atoms with Gasteiger partial charge in [0, 0.05) is 64.1 Å². The van der Waals surface area contributed by atoms with Crippen LogP contribution in [0.4, 0.5) is 34.1 Å². The van der Waals surface area contributed by atoms with Gasteiger partial charge in [-0.15, -0.1) is 22.7 Å². The fourth-order valence-corrected chi connectivity index (χ4v) is 10.7. The van der Waals surface area contributed by atoms with Crippen molar-refractivity contribution in [3.63, 3.8) is 0 Å². The van der Waals surface area contributed by atoms with Crippen LogP contribution in [-0.2, 0) is 0 Å². The van der Waals surface area contributed by atoms with E-state index in [4.69, 9.17) is 0 Å². The van der Waals surface area contributed by atoms with Gasteiger partial charge in [-0.2, -0.15) is 0 Å². The maximum Gasteiger partial charge on any atom is 0.0640 e. The minimum absolute atomic E-state index is 1.12. The quantitative estimate of drug-likeness (QED) is 0.152. The normalized spacial score (nSPS) is 11.4. The van der Waals surface area contributed by atoms with Gasteiger partial charge < -0.3 is 9.80 Å². The van der Waals surface area contributed by atoms with Crippen molar-refractivity contribution >= 4 is 97.1 Å². The van der Waals surface area contributed by atoms with E-state index in [-0.39, 0.29) is 0 Å². The smallest absolute Gasteiger partial charge is 0.0640 e. The topological polar surface area (TPSA) is 6.48 Å². The molecule has 11 aromatic rings. The molecular formula is C54H36N2S2. The molecule has 2 aromatic heterocycles. The van der Waals surface area contributed by atoms with Gasteiger partial charge in [0.1, 0.15) is 0 Å². The number of para-hydroxylation sites is 2. The van der Waals surface area contributed by atoms with E-state index in [2.05, 4.69) is 228 Å². The summed E-state index contributed by atoms with van der Waals surface area (Å²) < 4.78 is 5.17. The lowest BCUT2D eigenvalue weighted by molar-refractivity contribution is 1.28. The first-order valence-electron chi connectivity index (χ1n) is 19.6. The predicted molar refractivity (Wildman–Crippen MR) is 252 cm³/mol. The first kappa shape index (κ1) is 34.3. The molecule has 0 aliphatic rings. The van der Waals surface area contributed by atoms with Gasteiger partial charge in [-0.1, -0.05) is 140 Å².